The molecule has 0 radical (unpaired) electrons. The van der Waals surface area contributed by atoms with Crippen molar-refractivity contribution in [3.63, 3.8) is 0 Å². The van der Waals surface area contributed by atoms with Gasteiger partial charge in [-0.05, 0) is 62.3 Å². The van der Waals surface area contributed by atoms with E-state index in [1.165, 1.54) is 31.2 Å². The van der Waals surface area contributed by atoms with Gasteiger partial charge in [0.15, 0.2) is 0 Å². The van der Waals surface area contributed by atoms with Crippen LogP contribution in [0.5, 0.6) is 0 Å². The molecule has 0 aromatic carbocycles. The van der Waals surface area contributed by atoms with Crippen LogP contribution in [0.1, 0.15) is 37.7 Å². The van der Waals surface area contributed by atoms with Gasteiger partial charge in [-0.3, -0.25) is 4.98 Å². The van der Waals surface area contributed by atoms with Crippen LogP contribution in [0.4, 0.5) is 11.8 Å². The first-order valence-corrected chi connectivity index (χ1v) is 9.16. The van der Waals surface area contributed by atoms with Crippen LogP contribution in [0.3, 0.4) is 0 Å². The average molecular weight is 337 g/mol. The van der Waals surface area contributed by atoms with Crippen LogP contribution in [-0.4, -0.2) is 35.1 Å². The fraction of sp³-hybridized carbons (Fsp3) is 0.450. The Kier molecular flexibility index (Phi) is 6.37. The van der Waals surface area contributed by atoms with E-state index in [4.69, 9.17) is 0 Å². The molecule has 0 atom stereocenters. The van der Waals surface area contributed by atoms with Crippen molar-refractivity contribution in [2.75, 3.05) is 30.4 Å². The fourth-order valence-electron chi connectivity index (χ4n) is 3.06. The van der Waals surface area contributed by atoms with Gasteiger partial charge < -0.3 is 10.2 Å². The average Bonchev–Trinajstić information content (AvgIpc) is 2.68. The maximum atomic E-state index is 4.64. The summed E-state index contributed by atoms with van der Waals surface area (Å²) in [6.45, 7) is 1.81. The normalized spacial score (nSPS) is 14.0. The molecule has 3 rings (SSSR count). The molecule has 132 valence electrons. The van der Waals surface area contributed by atoms with E-state index in [1.54, 1.807) is 5.57 Å². The van der Waals surface area contributed by atoms with Gasteiger partial charge >= 0.3 is 0 Å². The third-order valence-electron chi connectivity index (χ3n) is 4.61. The topological polar surface area (TPSA) is 53.9 Å². The number of allylic oxidation sites excluding steroid dienone is 1. The smallest absolute Gasteiger partial charge is 0.226 e. The molecular weight excluding hydrogens is 310 g/mol. The third-order valence-corrected chi connectivity index (χ3v) is 4.61. The summed E-state index contributed by atoms with van der Waals surface area (Å²) in [5, 5.41) is 3.43. The first kappa shape index (κ1) is 17.4. The summed E-state index contributed by atoms with van der Waals surface area (Å²) in [7, 11) is 2.03. The van der Waals surface area contributed by atoms with E-state index >= 15 is 0 Å². The molecule has 2 aromatic heterocycles. The summed E-state index contributed by atoms with van der Waals surface area (Å²) in [5.41, 5.74) is 2.86. The zero-order chi connectivity index (χ0) is 17.3. The molecule has 0 bridgehead atoms. The SMILES string of the molecule is CN(CCc1ccncc1)c1nccc(NCCC2=CCCCC2)n1. The van der Waals surface area contributed by atoms with E-state index in [1.807, 2.05) is 43.8 Å². The summed E-state index contributed by atoms with van der Waals surface area (Å²) in [5.74, 6) is 1.66. The van der Waals surface area contributed by atoms with Gasteiger partial charge in [0.05, 0.1) is 0 Å². The van der Waals surface area contributed by atoms with Gasteiger partial charge in [0.25, 0.3) is 0 Å². The highest BCUT2D eigenvalue weighted by Gasteiger charge is 2.07. The number of pyridine rings is 1. The van der Waals surface area contributed by atoms with Crippen LogP contribution >= 0.6 is 0 Å². The number of rotatable bonds is 8. The fourth-order valence-corrected chi connectivity index (χ4v) is 3.06. The molecule has 0 amide bonds. The number of nitrogens with one attached hydrogen (secondary N) is 1. The lowest BCUT2D eigenvalue weighted by Crippen LogP contribution is -2.23. The highest BCUT2D eigenvalue weighted by molar-refractivity contribution is 5.41. The summed E-state index contributed by atoms with van der Waals surface area (Å²) in [4.78, 5) is 15.2. The van der Waals surface area contributed by atoms with Gasteiger partial charge in [-0.25, -0.2) is 4.98 Å². The lowest BCUT2D eigenvalue weighted by molar-refractivity contribution is 0.679. The van der Waals surface area contributed by atoms with E-state index in [2.05, 4.69) is 31.2 Å². The van der Waals surface area contributed by atoms with Crippen LogP contribution in [0, 0.1) is 0 Å². The Labute approximate surface area is 150 Å². The van der Waals surface area contributed by atoms with Crippen LogP contribution in [0.2, 0.25) is 0 Å². The molecule has 5 heteroatoms. The van der Waals surface area contributed by atoms with Gasteiger partial charge in [-0.1, -0.05) is 11.6 Å². The largest absolute Gasteiger partial charge is 0.370 e. The van der Waals surface area contributed by atoms with Crippen molar-refractivity contribution in [1.82, 2.24) is 15.0 Å². The Hall–Kier alpha value is -2.43. The van der Waals surface area contributed by atoms with Crippen molar-refractivity contribution < 1.29 is 0 Å². The van der Waals surface area contributed by atoms with Crippen molar-refractivity contribution in [2.45, 2.75) is 38.5 Å². The predicted octanol–water partition coefficient (Wildman–Crippen LogP) is 3.85. The lowest BCUT2D eigenvalue weighted by atomic mass is 9.97. The van der Waals surface area contributed by atoms with Crippen molar-refractivity contribution in [3.05, 3.63) is 54.0 Å². The first-order valence-electron chi connectivity index (χ1n) is 9.16. The van der Waals surface area contributed by atoms with Gasteiger partial charge in [0.1, 0.15) is 5.82 Å². The van der Waals surface area contributed by atoms with Gasteiger partial charge in [0, 0.05) is 38.7 Å². The summed E-state index contributed by atoms with van der Waals surface area (Å²) < 4.78 is 0. The van der Waals surface area contributed by atoms with Crippen LogP contribution in [-0.2, 0) is 6.42 Å². The van der Waals surface area contributed by atoms with Crippen molar-refractivity contribution in [2.24, 2.45) is 0 Å². The van der Waals surface area contributed by atoms with Crippen molar-refractivity contribution in [3.8, 4) is 0 Å². The third kappa shape index (κ3) is 5.55. The minimum Gasteiger partial charge on any atom is -0.370 e. The number of hydrogen-bond donors (Lipinski definition) is 1. The second-order valence-corrected chi connectivity index (χ2v) is 6.55. The minimum absolute atomic E-state index is 0.760. The Bertz CT molecular complexity index is 683. The molecule has 5 nitrogen and oxygen atoms in total. The van der Waals surface area contributed by atoms with E-state index in [9.17, 15) is 0 Å². The Balaban J connectivity index is 1.49. The molecule has 2 aromatic rings. The second-order valence-electron chi connectivity index (χ2n) is 6.55. The quantitative estimate of drug-likeness (QED) is 0.742. The zero-order valence-corrected chi connectivity index (χ0v) is 15.0. The van der Waals surface area contributed by atoms with Crippen molar-refractivity contribution >= 4 is 11.8 Å². The van der Waals surface area contributed by atoms with Crippen LogP contribution < -0.4 is 10.2 Å². The molecule has 25 heavy (non-hydrogen) atoms. The van der Waals surface area contributed by atoms with E-state index in [-0.39, 0.29) is 0 Å². The molecule has 0 saturated carbocycles. The number of hydrogen-bond acceptors (Lipinski definition) is 5. The molecular formula is C20H27N5. The molecule has 1 N–H and O–H groups in total. The minimum atomic E-state index is 0.760. The zero-order valence-electron chi connectivity index (χ0n) is 15.0. The van der Waals surface area contributed by atoms with Crippen molar-refractivity contribution in [1.29, 1.82) is 0 Å². The molecule has 0 aliphatic heterocycles. The first-order chi connectivity index (χ1) is 12.3. The Morgan fingerprint density at radius 3 is 2.76 bits per heavy atom. The molecule has 1 aliphatic rings. The second kappa shape index (κ2) is 9.16. The lowest BCUT2D eigenvalue weighted by Gasteiger charge is -2.18. The highest BCUT2D eigenvalue weighted by atomic mass is 15.2. The van der Waals surface area contributed by atoms with Gasteiger partial charge in [-0.2, -0.15) is 4.98 Å². The monoisotopic (exact) mass is 337 g/mol. The molecule has 1 aliphatic carbocycles. The highest BCUT2D eigenvalue weighted by Crippen LogP contribution is 2.20. The van der Waals surface area contributed by atoms with Crippen LogP contribution in [0.15, 0.2) is 48.4 Å². The molecule has 0 saturated heterocycles. The molecule has 0 fully saturated rings. The van der Waals surface area contributed by atoms with Crippen LogP contribution in [0.25, 0.3) is 0 Å². The molecule has 2 heterocycles. The number of nitrogens with zero attached hydrogens (tertiary/aromatic N) is 4. The molecule has 0 unspecified atom stereocenters. The Morgan fingerprint density at radius 2 is 1.96 bits per heavy atom. The standard InChI is InChI=1S/C20H27N5/c1-25(16-11-18-7-12-21-13-8-18)20-23-15-10-19(24-20)22-14-9-17-5-3-2-4-6-17/h5,7-8,10,12-13,15H,2-4,6,9,11,14,16H2,1H3,(H,22,23,24). The van der Waals surface area contributed by atoms with E-state index < -0.39 is 0 Å². The van der Waals surface area contributed by atoms with Gasteiger partial charge in [0.2, 0.25) is 5.95 Å². The summed E-state index contributed by atoms with van der Waals surface area (Å²) in [6.07, 6.45) is 15.1. The maximum Gasteiger partial charge on any atom is 0.226 e. The number of likely N-dealkylation sites (N-methyl/N-ethyl adjacent to an activating group) is 1. The predicted molar refractivity (Wildman–Crippen MR) is 103 cm³/mol. The Morgan fingerprint density at radius 1 is 1.08 bits per heavy atom. The van der Waals surface area contributed by atoms with E-state index in [0.717, 1.165) is 37.7 Å². The van der Waals surface area contributed by atoms with Gasteiger partial charge in [-0.15, -0.1) is 0 Å². The molecule has 0 spiro atoms. The summed E-state index contributed by atoms with van der Waals surface area (Å²) >= 11 is 0. The summed E-state index contributed by atoms with van der Waals surface area (Å²) in [6, 6.07) is 6.04. The maximum absolute atomic E-state index is 4.64. The number of anilines is 2. The van der Waals surface area contributed by atoms with E-state index in [0.29, 0.717) is 0 Å². The number of aromatic nitrogens is 3.